The Balaban J connectivity index is 2.24. The van der Waals surface area contributed by atoms with E-state index >= 15 is 0 Å². The van der Waals surface area contributed by atoms with Gasteiger partial charge in [0.1, 0.15) is 29.4 Å². The summed E-state index contributed by atoms with van der Waals surface area (Å²) >= 11 is 5.29. The maximum Gasteiger partial charge on any atom is 0.349 e. The Morgan fingerprint density at radius 3 is 1.19 bits per heavy atom. The van der Waals surface area contributed by atoms with E-state index in [0.717, 1.165) is 112 Å². The van der Waals surface area contributed by atoms with Gasteiger partial charge in [-0.2, -0.15) is 0 Å². The van der Waals surface area contributed by atoms with Crippen molar-refractivity contribution in [3.05, 3.63) is 53.6 Å². The van der Waals surface area contributed by atoms with Crippen molar-refractivity contribution < 1.29 is 57.2 Å². The van der Waals surface area contributed by atoms with Crippen molar-refractivity contribution in [1.29, 1.82) is 0 Å². The fraction of sp³-hybridized carbons (Fsp3) is 0.261. The first-order valence-corrected chi connectivity index (χ1v) is 15.8. The van der Waals surface area contributed by atoms with Gasteiger partial charge in [0, 0.05) is 0 Å². The van der Waals surface area contributed by atoms with E-state index in [1.165, 1.54) is 6.08 Å². The van der Waals surface area contributed by atoms with E-state index in [-0.39, 0.29) is 39.1 Å². The molecule has 0 aromatic carbocycles. The molecule has 0 saturated carbocycles. The number of rotatable bonds is 8. The van der Waals surface area contributed by atoms with E-state index in [2.05, 4.69) is 4.99 Å². The van der Waals surface area contributed by atoms with Crippen molar-refractivity contribution in [3.63, 3.8) is 0 Å². The van der Waals surface area contributed by atoms with Crippen LogP contribution in [0.25, 0.3) is 0 Å². The normalized spacial score (nSPS) is 14.3. The highest BCUT2D eigenvalue weighted by molar-refractivity contribution is 8.30. The topological polar surface area (TPSA) is 170 Å². The molecular weight excluding hydrogens is 675 g/mol. The molecule has 0 amide bonds. The Hall–Kier alpha value is -2.97. The second-order valence-corrected chi connectivity index (χ2v) is 14.0. The fourth-order valence-electron chi connectivity index (χ4n) is 2.82. The summed E-state index contributed by atoms with van der Waals surface area (Å²) in [7, 11) is 6.94. The van der Waals surface area contributed by atoms with E-state index in [4.69, 9.17) is 28.4 Å². The third kappa shape index (κ3) is 7.32. The lowest BCUT2D eigenvalue weighted by Gasteiger charge is -2.03. The van der Waals surface area contributed by atoms with Crippen LogP contribution >= 0.6 is 69.7 Å². The molecule has 1 aromatic heterocycles. The average molecular weight is 694 g/mol. The zero-order valence-electron chi connectivity index (χ0n) is 22.4. The number of hydrogen-bond acceptors (Lipinski definition) is 19. The average Bonchev–Trinajstić information content (AvgIpc) is 3.75. The standard InChI is InChI=1S/C23H19NO12S6/c1-31-16(25)10-11(17(26)32-2)38-9(37-10)7-8(22-39-12(18(27)33-3)13(40-22)19(28)34-4)24-23-41-14(20(29)35-5)15(42-23)21(30)36-6/h7H,1-6H3. The minimum Gasteiger partial charge on any atom is -0.465 e. The van der Waals surface area contributed by atoms with Crippen molar-refractivity contribution >= 4 is 106 Å². The lowest BCUT2D eigenvalue weighted by molar-refractivity contribution is -0.138. The number of methoxy groups -OCH3 is 6. The van der Waals surface area contributed by atoms with E-state index in [1.54, 1.807) is 0 Å². The molecule has 1 aromatic rings. The molecule has 0 bridgehead atoms. The van der Waals surface area contributed by atoms with Crippen LogP contribution in [0.15, 0.2) is 44.9 Å². The third-order valence-corrected chi connectivity index (χ3v) is 12.0. The number of esters is 6. The number of thioether (sulfide) groups is 4. The van der Waals surface area contributed by atoms with Crippen LogP contribution in [-0.4, -0.2) is 78.5 Å². The molecule has 0 fully saturated rings. The Labute approximate surface area is 262 Å². The van der Waals surface area contributed by atoms with Crippen molar-refractivity contribution in [1.82, 2.24) is 0 Å². The highest BCUT2D eigenvalue weighted by Gasteiger charge is 2.36. The molecular formula is C23H19NO12S6. The first kappa shape index (κ1) is 33.5. The Kier molecular flexibility index (Phi) is 11.9. The van der Waals surface area contributed by atoms with Crippen molar-refractivity contribution in [2.24, 2.45) is 4.99 Å². The highest BCUT2D eigenvalue weighted by atomic mass is 32.2. The molecule has 0 spiro atoms. The van der Waals surface area contributed by atoms with Crippen molar-refractivity contribution in [2.75, 3.05) is 42.7 Å². The molecule has 19 heteroatoms. The predicted octanol–water partition coefficient (Wildman–Crippen LogP) is 3.37. The summed E-state index contributed by atoms with van der Waals surface area (Å²) in [5.41, 5.74) is 0.154. The molecule has 0 aliphatic carbocycles. The van der Waals surface area contributed by atoms with Gasteiger partial charge in [-0.15, -0.1) is 0 Å². The van der Waals surface area contributed by atoms with Gasteiger partial charge in [0.05, 0.1) is 56.8 Å². The molecule has 0 N–H and O–H groups in total. The van der Waals surface area contributed by atoms with Crippen LogP contribution in [0, 0.1) is 0 Å². The van der Waals surface area contributed by atoms with Gasteiger partial charge in [0.25, 0.3) is 0 Å². The summed E-state index contributed by atoms with van der Waals surface area (Å²) in [4.78, 5) is 78.8. The lowest BCUT2D eigenvalue weighted by atomic mass is 10.4. The Morgan fingerprint density at radius 1 is 0.524 bits per heavy atom. The largest absolute Gasteiger partial charge is 0.465 e. The van der Waals surface area contributed by atoms with Gasteiger partial charge >= 0.3 is 35.8 Å². The number of hydrogen-bond donors (Lipinski definition) is 0. The number of allylic oxidation sites excluding steroid dienone is 1. The first-order valence-electron chi connectivity index (χ1n) is 10.9. The maximum absolute atomic E-state index is 12.5. The van der Waals surface area contributed by atoms with Crippen LogP contribution in [0.3, 0.4) is 0 Å². The maximum atomic E-state index is 12.5. The molecule has 13 nitrogen and oxygen atoms in total. The van der Waals surface area contributed by atoms with Crippen LogP contribution in [0.1, 0.15) is 19.3 Å². The van der Waals surface area contributed by atoms with Gasteiger partial charge in [0.2, 0.25) is 0 Å². The first-order chi connectivity index (χ1) is 20.0. The smallest absolute Gasteiger partial charge is 0.349 e. The van der Waals surface area contributed by atoms with E-state index in [1.807, 2.05) is 0 Å². The summed E-state index contributed by atoms with van der Waals surface area (Å²) < 4.78 is 29.7. The van der Waals surface area contributed by atoms with Gasteiger partial charge in [-0.05, 0) is 6.08 Å². The predicted molar refractivity (Wildman–Crippen MR) is 158 cm³/mol. The molecule has 2 aliphatic rings. The second-order valence-electron chi connectivity index (χ2n) is 7.05. The fourth-order valence-corrected chi connectivity index (χ4v) is 9.80. The van der Waals surface area contributed by atoms with Crippen LogP contribution in [0.5, 0.6) is 0 Å². The van der Waals surface area contributed by atoms with Gasteiger partial charge in [-0.3, -0.25) is 0 Å². The summed E-state index contributed by atoms with van der Waals surface area (Å²) in [5.74, 6) is -4.67. The Morgan fingerprint density at radius 2 is 0.857 bits per heavy atom. The molecule has 3 heterocycles. The quantitative estimate of drug-likeness (QED) is 0.287. The number of ether oxygens (including phenoxy) is 6. The number of nitrogens with zero attached hydrogens (tertiary/aromatic N) is 1. The monoisotopic (exact) mass is 693 g/mol. The van der Waals surface area contributed by atoms with Gasteiger partial charge in [-0.1, -0.05) is 69.7 Å². The summed E-state index contributed by atoms with van der Waals surface area (Å²) in [5, 5.41) is 0. The van der Waals surface area contributed by atoms with Crippen LogP contribution in [0.2, 0.25) is 0 Å². The van der Waals surface area contributed by atoms with E-state index in [9.17, 15) is 28.8 Å². The third-order valence-electron chi connectivity index (χ3n) is 4.69. The zero-order chi connectivity index (χ0) is 31.1. The second kappa shape index (κ2) is 15.0. The Bertz CT molecular complexity index is 1460. The molecule has 42 heavy (non-hydrogen) atoms. The molecule has 0 radical (unpaired) electrons. The minimum atomic E-state index is -0.790. The zero-order valence-corrected chi connectivity index (χ0v) is 27.3. The molecule has 0 atom stereocenters. The SMILES string of the molecule is COC(=O)C1=C(C(=O)OC)SC(=CC(N=c2sc(C(=O)OC)c(C(=O)OC)s2)=C2SC(C(=O)OC)=C(C(=O)OC)S2)S1. The molecule has 3 rings (SSSR count). The highest BCUT2D eigenvalue weighted by Crippen LogP contribution is 2.54. The van der Waals surface area contributed by atoms with Crippen LogP contribution in [0.4, 0.5) is 0 Å². The summed E-state index contributed by atoms with van der Waals surface area (Å²) in [6, 6.07) is 0. The lowest BCUT2D eigenvalue weighted by Crippen LogP contribution is -2.08. The van der Waals surface area contributed by atoms with Gasteiger partial charge in [-0.25, -0.2) is 33.8 Å². The molecule has 0 saturated heterocycles. The number of carbonyl (C=O) groups is 6. The van der Waals surface area contributed by atoms with Gasteiger partial charge < -0.3 is 28.4 Å². The van der Waals surface area contributed by atoms with Crippen molar-refractivity contribution in [3.8, 4) is 0 Å². The van der Waals surface area contributed by atoms with Gasteiger partial charge in [0.15, 0.2) is 3.98 Å². The van der Waals surface area contributed by atoms with E-state index < -0.39 is 35.8 Å². The molecule has 0 unspecified atom stereocenters. The van der Waals surface area contributed by atoms with E-state index in [0.29, 0.717) is 8.47 Å². The van der Waals surface area contributed by atoms with Crippen LogP contribution in [-0.2, 0) is 47.6 Å². The van der Waals surface area contributed by atoms with Crippen molar-refractivity contribution in [2.45, 2.75) is 0 Å². The summed E-state index contributed by atoms with van der Waals surface area (Å²) in [6.07, 6.45) is 1.50. The minimum absolute atomic E-state index is 0.0137. The summed E-state index contributed by atoms with van der Waals surface area (Å²) in [6.45, 7) is 0. The number of carbonyl (C=O) groups excluding carboxylic acids is 6. The van der Waals surface area contributed by atoms with Crippen LogP contribution < -0.4 is 3.98 Å². The molecule has 224 valence electrons. The molecule has 2 aliphatic heterocycles.